The molecular weight excluding hydrogens is 300 g/mol. The maximum Gasteiger partial charge on any atom is 0.224 e. The van der Waals surface area contributed by atoms with Gasteiger partial charge >= 0.3 is 0 Å². The Hall–Kier alpha value is -2.30. The van der Waals surface area contributed by atoms with Gasteiger partial charge in [0.25, 0.3) is 0 Å². The summed E-state index contributed by atoms with van der Waals surface area (Å²) in [7, 11) is 3.78. The Balaban J connectivity index is 1.98. The number of hydrogen-bond donors (Lipinski definition) is 1. The van der Waals surface area contributed by atoms with E-state index in [0.717, 1.165) is 43.2 Å². The number of benzene rings is 1. The maximum atomic E-state index is 5.39. The Bertz CT molecular complexity index is 645. The first-order chi connectivity index (χ1) is 11.6. The molecular formula is C19H28N4O. The largest absolute Gasteiger partial charge is 0.496 e. The number of anilines is 2. The van der Waals surface area contributed by atoms with E-state index in [1.54, 1.807) is 7.11 Å². The van der Waals surface area contributed by atoms with E-state index in [9.17, 15) is 0 Å². The summed E-state index contributed by atoms with van der Waals surface area (Å²) in [5, 5.41) is 3.33. The minimum atomic E-state index is 0.684. The minimum absolute atomic E-state index is 0.684. The number of hydrogen-bond acceptors (Lipinski definition) is 5. The molecule has 2 rings (SSSR count). The van der Waals surface area contributed by atoms with Crippen molar-refractivity contribution in [3.8, 4) is 5.75 Å². The summed E-state index contributed by atoms with van der Waals surface area (Å²) >= 11 is 0. The molecule has 0 bridgehead atoms. The zero-order chi connectivity index (χ0) is 17.4. The fourth-order valence-electron chi connectivity index (χ4n) is 2.55. The number of methoxy groups -OCH3 is 1. The van der Waals surface area contributed by atoms with Crippen molar-refractivity contribution in [2.24, 2.45) is 0 Å². The van der Waals surface area contributed by atoms with Crippen LogP contribution in [0.2, 0.25) is 0 Å². The summed E-state index contributed by atoms with van der Waals surface area (Å²) in [6.45, 7) is 5.98. The maximum absolute atomic E-state index is 5.39. The summed E-state index contributed by atoms with van der Waals surface area (Å²) in [4.78, 5) is 11.3. The third kappa shape index (κ3) is 5.11. The summed E-state index contributed by atoms with van der Waals surface area (Å²) in [6.07, 6.45) is 3.21. The first-order valence-electron chi connectivity index (χ1n) is 8.56. The Morgan fingerprint density at radius 1 is 1.21 bits per heavy atom. The topological polar surface area (TPSA) is 50.3 Å². The van der Waals surface area contributed by atoms with Crippen LogP contribution >= 0.6 is 0 Å². The van der Waals surface area contributed by atoms with Crippen molar-refractivity contribution in [2.45, 2.75) is 33.1 Å². The van der Waals surface area contributed by atoms with Gasteiger partial charge in [-0.1, -0.05) is 31.5 Å². The van der Waals surface area contributed by atoms with E-state index < -0.39 is 0 Å². The lowest BCUT2D eigenvalue weighted by Gasteiger charge is -2.19. The Labute approximate surface area is 145 Å². The van der Waals surface area contributed by atoms with Crippen LogP contribution < -0.4 is 15.0 Å². The summed E-state index contributed by atoms with van der Waals surface area (Å²) < 4.78 is 5.39. The number of ether oxygens (including phenoxy) is 1. The van der Waals surface area contributed by atoms with Gasteiger partial charge in [-0.25, -0.2) is 4.98 Å². The van der Waals surface area contributed by atoms with Crippen molar-refractivity contribution in [3.63, 3.8) is 0 Å². The van der Waals surface area contributed by atoms with E-state index in [2.05, 4.69) is 40.2 Å². The van der Waals surface area contributed by atoms with Gasteiger partial charge in [0.05, 0.1) is 7.11 Å². The van der Waals surface area contributed by atoms with E-state index in [4.69, 9.17) is 4.74 Å². The average Bonchev–Trinajstić information content (AvgIpc) is 2.59. The predicted octanol–water partition coefficient (Wildman–Crippen LogP) is 3.68. The highest BCUT2D eigenvalue weighted by atomic mass is 16.5. The molecule has 0 spiro atoms. The lowest BCUT2D eigenvalue weighted by Crippen LogP contribution is -2.21. The summed E-state index contributed by atoms with van der Waals surface area (Å²) in [5.74, 6) is 2.57. The fourth-order valence-corrected chi connectivity index (χ4v) is 2.55. The molecule has 0 radical (unpaired) electrons. The number of unbranched alkanes of at least 4 members (excludes halogenated alkanes) is 1. The average molecular weight is 328 g/mol. The van der Waals surface area contributed by atoms with E-state index in [0.29, 0.717) is 5.95 Å². The van der Waals surface area contributed by atoms with E-state index in [1.165, 1.54) is 12.0 Å². The van der Waals surface area contributed by atoms with Crippen LogP contribution in [0.3, 0.4) is 0 Å². The SMILES string of the molecule is CCCCN(C)c1cc(C)nc(NCCc2ccccc2OC)n1. The Morgan fingerprint density at radius 2 is 2.00 bits per heavy atom. The van der Waals surface area contributed by atoms with Crippen molar-refractivity contribution < 1.29 is 4.74 Å². The lowest BCUT2D eigenvalue weighted by atomic mass is 10.1. The molecule has 2 aromatic rings. The van der Waals surface area contributed by atoms with Crippen LogP contribution in [0.4, 0.5) is 11.8 Å². The molecule has 1 aromatic carbocycles. The van der Waals surface area contributed by atoms with Crippen LogP contribution in [0.5, 0.6) is 5.75 Å². The van der Waals surface area contributed by atoms with Crippen molar-refractivity contribution in [3.05, 3.63) is 41.6 Å². The van der Waals surface area contributed by atoms with Gasteiger partial charge < -0.3 is 15.0 Å². The minimum Gasteiger partial charge on any atom is -0.496 e. The molecule has 0 unspecified atom stereocenters. The second-order valence-electron chi connectivity index (χ2n) is 5.95. The van der Waals surface area contributed by atoms with Gasteiger partial charge in [0, 0.05) is 31.9 Å². The molecule has 0 saturated heterocycles. The second-order valence-corrected chi connectivity index (χ2v) is 5.95. The molecule has 0 aliphatic rings. The van der Waals surface area contributed by atoms with Crippen molar-refractivity contribution in [1.29, 1.82) is 0 Å². The standard InChI is InChI=1S/C19H28N4O/c1-5-6-13-23(3)18-14-15(2)21-19(22-18)20-12-11-16-9-7-8-10-17(16)24-4/h7-10,14H,5-6,11-13H2,1-4H3,(H,20,21,22). The second kappa shape index (κ2) is 9.11. The van der Waals surface area contributed by atoms with Gasteiger partial charge in [-0.2, -0.15) is 4.98 Å². The highest BCUT2D eigenvalue weighted by Crippen LogP contribution is 2.18. The van der Waals surface area contributed by atoms with E-state index in [1.807, 2.05) is 31.2 Å². The lowest BCUT2D eigenvalue weighted by molar-refractivity contribution is 0.410. The van der Waals surface area contributed by atoms with E-state index in [-0.39, 0.29) is 0 Å². The van der Waals surface area contributed by atoms with Crippen molar-refractivity contribution in [2.75, 3.05) is 37.5 Å². The number of para-hydroxylation sites is 1. The van der Waals surface area contributed by atoms with Gasteiger partial charge in [0.2, 0.25) is 5.95 Å². The number of aryl methyl sites for hydroxylation is 1. The zero-order valence-electron chi connectivity index (χ0n) is 15.2. The molecule has 0 aliphatic carbocycles. The number of rotatable bonds is 9. The van der Waals surface area contributed by atoms with Crippen LogP contribution in [0, 0.1) is 6.92 Å². The molecule has 1 N–H and O–H groups in total. The van der Waals surface area contributed by atoms with Crippen LogP contribution in [-0.4, -0.2) is 37.2 Å². The zero-order valence-corrected chi connectivity index (χ0v) is 15.2. The molecule has 24 heavy (non-hydrogen) atoms. The molecule has 130 valence electrons. The van der Waals surface area contributed by atoms with Crippen LogP contribution in [-0.2, 0) is 6.42 Å². The third-order valence-corrected chi connectivity index (χ3v) is 3.95. The molecule has 1 heterocycles. The smallest absolute Gasteiger partial charge is 0.224 e. The van der Waals surface area contributed by atoms with Crippen LogP contribution in [0.15, 0.2) is 30.3 Å². The van der Waals surface area contributed by atoms with Crippen LogP contribution in [0.25, 0.3) is 0 Å². The first-order valence-corrected chi connectivity index (χ1v) is 8.56. The number of nitrogens with zero attached hydrogens (tertiary/aromatic N) is 3. The Kier molecular flexibility index (Phi) is 6.85. The molecule has 5 nitrogen and oxygen atoms in total. The van der Waals surface area contributed by atoms with Crippen molar-refractivity contribution >= 4 is 11.8 Å². The first kappa shape index (κ1) is 18.0. The molecule has 0 amide bonds. The number of nitrogens with one attached hydrogen (secondary N) is 1. The quantitative estimate of drug-likeness (QED) is 0.761. The van der Waals surface area contributed by atoms with E-state index >= 15 is 0 Å². The van der Waals surface area contributed by atoms with Gasteiger partial charge in [-0.3, -0.25) is 0 Å². The third-order valence-electron chi connectivity index (χ3n) is 3.95. The number of aromatic nitrogens is 2. The fraction of sp³-hybridized carbons (Fsp3) is 0.474. The summed E-state index contributed by atoms with van der Waals surface area (Å²) in [5.41, 5.74) is 2.16. The molecule has 0 fully saturated rings. The Morgan fingerprint density at radius 3 is 2.75 bits per heavy atom. The normalized spacial score (nSPS) is 10.5. The van der Waals surface area contributed by atoms with Gasteiger partial charge in [-0.15, -0.1) is 0 Å². The van der Waals surface area contributed by atoms with Gasteiger partial charge in [0.15, 0.2) is 0 Å². The highest BCUT2D eigenvalue weighted by Gasteiger charge is 2.07. The predicted molar refractivity (Wildman–Crippen MR) is 100 cm³/mol. The van der Waals surface area contributed by atoms with Gasteiger partial charge in [-0.05, 0) is 31.4 Å². The molecule has 5 heteroatoms. The monoisotopic (exact) mass is 328 g/mol. The molecule has 0 atom stereocenters. The van der Waals surface area contributed by atoms with Crippen LogP contribution in [0.1, 0.15) is 31.0 Å². The highest BCUT2D eigenvalue weighted by molar-refractivity contribution is 5.44. The molecule has 0 saturated carbocycles. The molecule has 0 aliphatic heterocycles. The van der Waals surface area contributed by atoms with Crippen molar-refractivity contribution in [1.82, 2.24) is 9.97 Å². The van der Waals surface area contributed by atoms with Gasteiger partial charge in [0.1, 0.15) is 11.6 Å². The molecule has 1 aromatic heterocycles. The summed E-state index contributed by atoms with van der Waals surface area (Å²) in [6, 6.07) is 10.1.